The van der Waals surface area contributed by atoms with Crippen LogP contribution in [0.25, 0.3) is 0 Å². The number of ether oxygens (including phenoxy) is 1. The Kier molecular flexibility index (Phi) is 4.08. The molecule has 0 aromatic heterocycles. The number of nitrogens with zero attached hydrogens (tertiary/aromatic N) is 1. The zero-order valence-electron chi connectivity index (χ0n) is 10.6. The van der Waals surface area contributed by atoms with Crippen molar-refractivity contribution in [3.05, 3.63) is 0 Å². The van der Waals surface area contributed by atoms with Crippen LogP contribution in [0.5, 0.6) is 0 Å². The maximum Gasteiger partial charge on any atom is 0.305 e. The molecule has 16 heavy (non-hydrogen) atoms. The van der Waals surface area contributed by atoms with Crippen molar-refractivity contribution in [2.75, 3.05) is 20.7 Å². The van der Waals surface area contributed by atoms with Crippen molar-refractivity contribution in [2.24, 2.45) is 5.41 Å². The first kappa shape index (κ1) is 13.2. The molecule has 1 aliphatic rings. The number of Topliss-reactive ketones (excluding diaryl/α,β-unsaturated/α-hetero) is 1. The highest BCUT2D eigenvalue weighted by Gasteiger charge is 2.40. The highest BCUT2D eigenvalue weighted by Crippen LogP contribution is 2.32. The van der Waals surface area contributed by atoms with E-state index in [4.69, 9.17) is 0 Å². The molecule has 0 aliphatic carbocycles. The molecule has 0 saturated carbocycles. The molecule has 0 spiro atoms. The smallest absolute Gasteiger partial charge is 0.305 e. The molecule has 1 rings (SSSR count). The molecule has 0 bridgehead atoms. The predicted molar refractivity (Wildman–Crippen MR) is 61.1 cm³/mol. The van der Waals surface area contributed by atoms with Gasteiger partial charge in [-0.1, -0.05) is 6.92 Å². The van der Waals surface area contributed by atoms with Crippen molar-refractivity contribution in [2.45, 2.75) is 39.2 Å². The Morgan fingerprint density at radius 3 is 2.81 bits per heavy atom. The van der Waals surface area contributed by atoms with E-state index < -0.39 is 5.41 Å². The molecule has 0 aromatic rings. The number of esters is 1. The summed E-state index contributed by atoms with van der Waals surface area (Å²) in [6.45, 7) is 4.72. The molecule has 4 nitrogen and oxygen atoms in total. The van der Waals surface area contributed by atoms with Crippen LogP contribution in [-0.2, 0) is 14.3 Å². The topological polar surface area (TPSA) is 46.6 Å². The summed E-state index contributed by atoms with van der Waals surface area (Å²) in [5.74, 6) is 0.0253. The number of likely N-dealkylation sites (tertiary alicyclic amines) is 1. The van der Waals surface area contributed by atoms with Gasteiger partial charge in [0.2, 0.25) is 0 Å². The lowest BCUT2D eigenvalue weighted by molar-refractivity contribution is -0.143. The summed E-state index contributed by atoms with van der Waals surface area (Å²) in [5, 5.41) is 0. The molecule has 92 valence electrons. The van der Waals surface area contributed by atoms with Crippen LogP contribution in [0, 0.1) is 5.41 Å². The Bertz CT molecular complexity index is 290. The molecule has 1 fully saturated rings. The Morgan fingerprint density at radius 2 is 2.25 bits per heavy atom. The number of hydrogen-bond acceptors (Lipinski definition) is 4. The third kappa shape index (κ3) is 2.82. The van der Waals surface area contributed by atoms with Crippen LogP contribution in [0.2, 0.25) is 0 Å². The summed E-state index contributed by atoms with van der Waals surface area (Å²) in [6.07, 6.45) is 1.48. The minimum Gasteiger partial charge on any atom is -0.469 e. The van der Waals surface area contributed by atoms with Gasteiger partial charge >= 0.3 is 5.97 Å². The number of rotatable bonds is 3. The highest BCUT2D eigenvalue weighted by atomic mass is 16.5. The first-order valence-corrected chi connectivity index (χ1v) is 5.69. The number of piperidine rings is 1. The number of hydrogen-bond donors (Lipinski definition) is 0. The number of carbonyl (C=O) groups is 2. The van der Waals surface area contributed by atoms with Crippen LogP contribution in [0.15, 0.2) is 0 Å². The van der Waals surface area contributed by atoms with E-state index in [0.717, 1.165) is 6.54 Å². The van der Waals surface area contributed by atoms with Crippen LogP contribution in [-0.4, -0.2) is 43.4 Å². The van der Waals surface area contributed by atoms with E-state index in [2.05, 4.69) is 16.6 Å². The molecule has 0 N–H and O–H groups in total. The first-order valence-electron chi connectivity index (χ1n) is 5.69. The maximum atomic E-state index is 12.0. The van der Waals surface area contributed by atoms with Crippen LogP contribution in [0.1, 0.15) is 33.1 Å². The summed E-state index contributed by atoms with van der Waals surface area (Å²) in [6, 6.07) is 0.304. The average molecular weight is 227 g/mol. The minimum absolute atomic E-state index is 0.240. The van der Waals surface area contributed by atoms with E-state index in [0.29, 0.717) is 25.3 Å². The fraction of sp³-hybridized carbons (Fsp3) is 0.833. The van der Waals surface area contributed by atoms with Crippen LogP contribution in [0.4, 0.5) is 0 Å². The first-order chi connectivity index (χ1) is 7.39. The third-order valence-corrected chi connectivity index (χ3v) is 3.61. The van der Waals surface area contributed by atoms with Crippen molar-refractivity contribution in [3.8, 4) is 0 Å². The Labute approximate surface area is 96.9 Å². The normalized spacial score (nSPS) is 31.5. The molecule has 1 aliphatic heterocycles. The van der Waals surface area contributed by atoms with Gasteiger partial charge < -0.3 is 9.64 Å². The van der Waals surface area contributed by atoms with Gasteiger partial charge in [0.05, 0.1) is 7.11 Å². The van der Waals surface area contributed by atoms with Gasteiger partial charge in [-0.15, -0.1) is 0 Å². The molecular weight excluding hydrogens is 206 g/mol. The summed E-state index contributed by atoms with van der Waals surface area (Å²) in [5.41, 5.74) is -0.393. The van der Waals surface area contributed by atoms with Gasteiger partial charge in [-0.3, -0.25) is 9.59 Å². The van der Waals surface area contributed by atoms with Gasteiger partial charge in [-0.05, 0) is 20.4 Å². The average Bonchev–Trinajstić information content (AvgIpc) is 2.23. The van der Waals surface area contributed by atoms with Crippen molar-refractivity contribution < 1.29 is 14.3 Å². The lowest BCUT2D eigenvalue weighted by Crippen LogP contribution is -2.50. The van der Waals surface area contributed by atoms with Gasteiger partial charge in [0.15, 0.2) is 0 Å². The lowest BCUT2D eigenvalue weighted by atomic mass is 9.75. The summed E-state index contributed by atoms with van der Waals surface area (Å²) in [4.78, 5) is 25.3. The molecule has 2 unspecified atom stereocenters. The van der Waals surface area contributed by atoms with Crippen molar-refractivity contribution in [1.82, 2.24) is 4.90 Å². The van der Waals surface area contributed by atoms with Gasteiger partial charge in [0.25, 0.3) is 0 Å². The Morgan fingerprint density at radius 1 is 1.62 bits per heavy atom. The predicted octanol–water partition coefficient (Wildman–Crippen LogP) is 1.24. The molecule has 1 saturated heterocycles. The molecule has 0 amide bonds. The fourth-order valence-corrected chi connectivity index (χ4v) is 2.16. The van der Waals surface area contributed by atoms with Gasteiger partial charge in [-0.25, -0.2) is 0 Å². The Balaban J connectivity index is 2.61. The van der Waals surface area contributed by atoms with E-state index in [-0.39, 0.29) is 11.8 Å². The Hall–Kier alpha value is -0.900. The van der Waals surface area contributed by atoms with E-state index >= 15 is 0 Å². The van der Waals surface area contributed by atoms with E-state index in [9.17, 15) is 9.59 Å². The van der Waals surface area contributed by atoms with Crippen LogP contribution < -0.4 is 0 Å². The minimum atomic E-state index is -0.393. The van der Waals surface area contributed by atoms with Crippen LogP contribution >= 0.6 is 0 Å². The second-order valence-electron chi connectivity index (χ2n) is 5.03. The quantitative estimate of drug-likeness (QED) is 0.681. The number of methoxy groups -OCH3 is 1. The molecule has 2 atom stereocenters. The summed E-state index contributed by atoms with van der Waals surface area (Å²) < 4.78 is 4.61. The molecular formula is C12H21NO3. The molecule has 1 heterocycles. The number of carbonyl (C=O) groups excluding carboxylic acids is 2. The zero-order chi connectivity index (χ0) is 12.3. The van der Waals surface area contributed by atoms with Gasteiger partial charge in [0, 0.05) is 30.8 Å². The SMILES string of the molecule is COC(=O)CCC1(C)CN(C)C(C)CC1=O. The van der Waals surface area contributed by atoms with Crippen molar-refractivity contribution in [3.63, 3.8) is 0 Å². The van der Waals surface area contributed by atoms with Crippen molar-refractivity contribution in [1.29, 1.82) is 0 Å². The van der Waals surface area contributed by atoms with Gasteiger partial charge in [-0.2, -0.15) is 0 Å². The lowest BCUT2D eigenvalue weighted by Gasteiger charge is -2.41. The summed E-state index contributed by atoms with van der Waals surface area (Å²) >= 11 is 0. The molecule has 0 radical (unpaired) electrons. The van der Waals surface area contributed by atoms with E-state index in [1.165, 1.54) is 7.11 Å². The largest absolute Gasteiger partial charge is 0.469 e. The highest BCUT2D eigenvalue weighted by molar-refractivity contribution is 5.86. The second-order valence-corrected chi connectivity index (χ2v) is 5.03. The summed E-state index contributed by atoms with van der Waals surface area (Å²) in [7, 11) is 3.40. The monoisotopic (exact) mass is 227 g/mol. The maximum absolute atomic E-state index is 12.0. The van der Waals surface area contributed by atoms with Crippen molar-refractivity contribution >= 4 is 11.8 Å². The van der Waals surface area contributed by atoms with Crippen LogP contribution in [0.3, 0.4) is 0 Å². The third-order valence-electron chi connectivity index (χ3n) is 3.61. The zero-order valence-corrected chi connectivity index (χ0v) is 10.6. The van der Waals surface area contributed by atoms with E-state index in [1.54, 1.807) is 0 Å². The number of ketones is 1. The fourth-order valence-electron chi connectivity index (χ4n) is 2.16. The second kappa shape index (κ2) is 4.95. The van der Waals surface area contributed by atoms with E-state index in [1.807, 2.05) is 14.0 Å². The molecule has 0 aromatic carbocycles. The van der Waals surface area contributed by atoms with Gasteiger partial charge in [0.1, 0.15) is 5.78 Å². The molecule has 4 heteroatoms. The standard InChI is InChI=1S/C12H21NO3/c1-9-7-10(14)12(2,8-13(9)3)6-5-11(15)16-4/h9H,5-8H2,1-4H3.